The van der Waals surface area contributed by atoms with E-state index < -0.39 is 0 Å². The number of para-hydroxylation sites is 1. The Morgan fingerprint density at radius 3 is 2.76 bits per heavy atom. The first-order valence-corrected chi connectivity index (χ1v) is 7.57. The molecule has 0 saturated carbocycles. The fraction of sp³-hybridized carbons (Fsp3) is 0.333. The molecule has 110 valence electrons. The third-order valence-corrected chi connectivity index (χ3v) is 4.06. The van der Waals surface area contributed by atoms with Crippen molar-refractivity contribution in [2.75, 3.05) is 11.4 Å². The number of fused-ring (bicyclic) bond motifs is 1. The Bertz CT molecular complexity index is 639. The maximum Gasteiger partial charge on any atom is 0.147 e. The number of hydrogen-bond acceptors (Lipinski definition) is 2. The second kappa shape index (κ2) is 5.86. The second-order valence-electron chi connectivity index (χ2n) is 5.62. The maximum absolute atomic E-state index is 14.5. The molecule has 0 bridgehead atoms. The van der Waals surface area contributed by atoms with Gasteiger partial charge in [0, 0.05) is 18.3 Å². The van der Waals surface area contributed by atoms with Crippen LogP contribution in [-0.2, 0) is 13.0 Å². The lowest BCUT2D eigenvalue weighted by atomic mass is 10.1. The van der Waals surface area contributed by atoms with Gasteiger partial charge in [-0.05, 0) is 49.2 Å². The van der Waals surface area contributed by atoms with E-state index in [4.69, 9.17) is 0 Å². The van der Waals surface area contributed by atoms with Gasteiger partial charge in [-0.25, -0.2) is 4.39 Å². The number of nitrogens with one attached hydrogen (secondary N) is 1. The molecule has 1 atom stereocenters. The van der Waals surface area contributed by atoms with Crippen LogP contribution in [0.2, 0.25) is 0 Å². The molecule has 0 saturated heterocycles. The molecule has 1 unspecified atom stereocenters. The van der Waals surface area contributed by atoms with Crippen molar-refractivity contribution in [1.29, 1.82) is 0 Å². The zero-order valence-corrected chi connectivity index (χ0v) is 12.6. The van der Waals surface area contributed by atoms with E-state index in [1.165, 1.54) is 5.56 Å². The molecule has 1 heterocycles. The van der Waals surface area contributed by atoms with Crippen molar-refractivity contribution in [2.24, 2.45) is 0 Å². The molecular formula is C18H21FN2. The Morgan fingerprint density at radius 1 is 1.19 bits per heavy atom. The lowest BCUT2D eigenvalue weighted by Crippen LogP contribution is -2.25. The highest BCUT2D eigenvalue weighted by molar-refractivity contribution is 5.71. The molecule has 1 N–H and O–H groups in total. The summed E-state index contributed by atoms with van der Waals surface area (Å²) in [6.45, 7) is 5.79. The van der Waals surface area contributed by atoms with Crippen molar-refractivity contribution in [3.63, 3.8) is 0 Å². The number of nitrogens with zero attached hydrogens (tertiary/aromatic N) is 1. The molecular weight excluding hydrogens is 263 g/mol. The number of hydrogen-bond donors (Lipinski definition) is 1. The number of anilines is 2. The molecule has 2 nitrogen and oxygen atoms in total. The normalized spacial score (nSPS) is 17.1. The van der Waals surface area contributed by atoms with E-state index in [0.29, 0.717) is 12.2 Å². The Kier molecular flexibility index (Phi) is 3.93. The molecule has 0 fully saturated rings. The highest BCUT2D eigenvalue weighted by atomic mass is 19.1. The van der Waals surface area contributed by atoms with Crippen molar-refractivity contribution < 1.29 is 4.39 Å². The Hall–Kier alpha value is -1.87. The van der Waals surface area contributed by atoms with Crippen LogP contribution in [-0.4, -0.2) is 12.6 Å². The molecule has 1 aliphatic heterocycles. The Morgan fingerprint density at radius 2 is 2.00 bits per heavy atom. The average molecular weight is 284 g/mol. The van der Waals surface area contributed by atoms with Crippen LogP contribution >= 0.6 is 0 Å². The first kappa shape index (κ1) is 14.1. The quantitative estimate of drug-likeness (QED) is 0.912. The maximum atomic E-state index is 14.5. The zero-order chi connectivity index (χ0) is 14.8. The summed E-state index contributed by atoms with van der Waals surface area (Å²) in [4.78, 5) is 2.11. The van der Waals surface area contributed by atoms with Crippen molar-refractivity contribution in [1.82, 2.24) is 5.32 Å². The average Bonchev–Trinajstić information content (AvgIpc) is 2.81. The van der Waals surface area contributed by atoms with Crippen LogP contribution in [0.3, 0.4) is 0 Å². The van der Waals surface area contributed by atoms with Gasteiger partial charge in [-0.3, -0.25) is 0 Å². The molecule has 2 aromatic carbocycles. The minimum Gasteiger partial charge on any atom is -0.336 e. The summed E-state index contributed by atoms with van der Waals surface area (Å²) in [5, 5.41) is 3.22. The van der Waals surface area contributed by atoms with E-state index in [0.717, 1.165) is 24.2 Å². The van der Waals surface area contributed by atoms with Gasteiger partial charge in [-0.2, -0.15) is 0 Å². The van der Waals surface area contributed by atoms with Crippen molar-refractivity contribution >= 4 is 11.4 Å². The monoisotopic (exact) mass is 284 g/mol. The van der Waals surface area contributed by atoms with Gasteiger partial charge in [0.1, 0.15) is 5.82 Å². The highest BCUT2D eigenvalue weighted by Crippen LogP contribution is 2.39. The molecule has 3 heteroatoms. The Balaban J connectivity index is 1.94. The first-order valence-electron chi connectivity index (χ1n) is 7.57. The number of rotatable bonds is 4. The fourth-order valence-corrected chi connectivity index (χ4v) is 3.06. The molecule has 0 amide bonds. The van der Waals surface area contributed by atoms with Gasteiger partial charge in [-0.15, -0.1) is 0 Å². The van der Waals surface area contributed by atoms with Gasteiger partial charge in [0.25, 0.3) is 0 Å². The van der Waals surface area contributed by atoms with Crippen LogP contribution < -0.4 is 10.2 Å². The SMILES string of the molecule is CCNCc1ccc(N2c3ccccc3CC2C)c(F)c1. The predicted molar refractivity (Wildman–Crippen MR) is 85.5 cm³/mol. The van der Waals surface area contributed by atoms with Crippen molar-refractivity contribution in [2.45, 2.75) is 32.9 Å². The summed E-state index contributed by atoms with van der Waals surface area (Å²) < 4.78 is 14.5. The van der Waals surface area contributed by atoms with E-state index in [2.05, 4.69) is 29.3 Å². The molecule has 2 aromatic rings. The third-order valence-electron chi connectivity index (χ3n) is 4.06. The van der Waals surface area contributed by atoms with E-state index >= 15 is 0 Å². The molecule has 3 rings (SSSR count). The van der Waals surface area contributed by atoms with E-state index in [1.54, 1.807) is 6.07 Å². The topological polar surface area (TPSA) is 15.3 Å². The van der Waals surface area contributed by atoms with Gasteiger partial charge in [0.15, 0.2) is 0 Å². The number of halogens is 1. The van der Waals surface area contributed by atoms with Crippen LogP contribution in [0.1, 0.15) is 25.0 Å². The second-order valence-corrected chi connectivity index (χ2v) is 5.62. The summed E-state index contributed by atoms with van der Waals surface area (Å²) in [5.74, 6) is -0.144. The van der Waals surface area contributed by atoms with Gasteiger partial charge in [0.05, 0.1) is 5.69 Å². The summed E-state index contributed by atoms with van der Waals surface area (Å²) in [5.41, 5.74) is 4.08. The molecule has 0 spiro atoms. The summed E-state index contributed by atoms with van der Waals surface area (Å²) in [7, 11) is 0. The summed E-state index contributed by atoms with van der Waals surface area (Å²) >= 11 is 0. The minimum absolute atomic E-state index is 0.144. The molecule has 21 heavy (non-hydrogen) atoms. The van der Waals surface area contributed by atoms with Crippen molar-refractivity contribution in [3.8, 4) is 0 Å². The van der Waals surface area contributed by atoms with Crippen LogP contribution in [0.5, 0.6) is 0 Å². The predicted octanol–water partition coefficient (Wildman–Crippen LogP) is 4.02. The molecule has 0 aliphatic carbocycles. The van der Waals surface area contributed by atoms with Gasteiger partial charge in [0.2, 0.25) is 0 Å². The lowest BCUT2D eigenvalue weighted by Gasteiger charge is -2.25. The van der Waals surface area contributed by atoms with E-state index in [9.17, 15) is 4.39 Å². The summed E-state index contributed by atoms with van der Waals surface area (Å²) in [6, 6.07) is 14.1. The van der Waals surface area contributed by atoms with Crippen LogP contribution in [0, 0.1) is 5.82 Å². The highest BCUT2D eigenvalue weighted by Gasteiger charge is 2.28. The van der Waals surface area contributed by atoms with Gasteiger partial charge < -0.3 is 10.2 Å². The Labute approximate surface area is 125 Å². The number of benzene rings is 2. The lowest BCUT2D eigenvalue weighted by molar-refractivity contribution is 0.613. The first-order chi connectivity index (χ1) is 10.2. The molecule has 0 aromatic heterocycles. The van der Waals surface area contributed by atoms with Crippen LogP contribution in [0.15, 0.2) is 42.5 Å². The third kappa shape index (κ3) is 2.66. The standard InChI is InChI=1S/C18H21FN2/c1-3-20-12-14-8-9-18(16(19)11-14)21-13(2)10-15-6-4-5-7-17(15)21/h4-9,11,13,20H,3,10,12H2,1-2H3. The van der Waals surface area contributed by atoms with Crippen LogP contribution in [0.25, 0.3) is 0 Å². The minimum atomic E-state index is -0.144. The fourth-order valence-electron chi connectivity index (χ4n) is 3.06. The van der Waals surface area contributed by atoms with Gasteiger partial charge >= 0.3 is 0 Å². The van der Waals surface area contributed by atoms with Crippen molar-refractivity contribution in [3.05, 3.63) is 59.4 Å². The van der Waals surface area contributed by atoms with Crippen LogP contribution in [0.4, 0.5) is 15.8 Å². The smallest absolute Gasteiger partial charge is 0.147 e. The summed E-state index contributed by atoms with van der Waals surface area (Å²) in [6.07, 6.45) is 0.967. The molecule has 0 radical (unpaired) electrons. The largest absolute Gasteiger partial charge is 0.336 e. The van der Waals surface area contributed by atoms with E-state index in [-0.39, 0.29) is 11.9 Å². The zero-order valence-electron chi connectivity index (χ0n) is 12.6. The van der Waals surface area contributed by atoms with E-state index in [1.807, 2.05) is 31.2 Å². The molecule has 1 aliphatic rings. The van der Waals surface area contributed by atoms with Gasteiger partial charge in [-0.1, -0.05) is 31.2 Å².